The van der Waals surface area contributed by atoms with Crippen LogP contribution in [0.4, 0.5) is 15.8 Å². The Morgan fingerprint density at radius 1 is 1.29 bits per heavy atom. The molecule has 2 aromatic carbocycles. The highest BCUT2D eigenvalue weighted by Crippen LogP contribution is 2.32. The van der Waals surface area contributed by atoms with Crippen LogP contribution in [-0.4, -0.2) is 12.5 Å². The number of anilines is 2. The molecule has 0 spiro atoms. The molecule has 1 aliphatic heterocycles. The standard InChI is InChI=1S/C16H14BrFN2O/c17-12-4-1-5-13(18)15(12)16(21)20-8-2-3-10-6-7-11(19)9-14(10)20/h1,4-7,9H,2-3,8,19H2. The van der Waals surface area contributed by atoms with Crippen molar-refractivity contribution < 1.29 is 9.18 Å². The summed E-state index contributed by atoms with van der Waals surface area (Å²) in [6.45, 7) is 0.566. The molecule has 5 heteroatoms. The SMILES string of the molecule is Nc1ccc2c(c1)N(C(=O)c1c(F)cccc1Br)CCC2. The van der Waals surface area contributed by atoms with Gasteiger partial charge in [0.15, 0.2) is 0 Å². The zero-order valence-electron chi connectivity index (χ0n) is 11.3. The Labute approximate surface area is 130 Å². The van der Waals surface area contributed by atoms with Gasteiger partial charge in [-0.1, -0.05) is 12.1 Å². The number of amides is 1. The predicted molar refractivity (Wildman–Crippen MR) is 85.0 cm³/mol. The summed E-state index contributed by atoms with van der Waals surface area (Å²) in [7, 11) is 0. The van der Waals surface area contributed by atoms with Crippen LogP contribution in [0.1, 0.15) is 22.3 Å². The fraction of sp³-hybridized carbons (Fsp3) is 0.188. The quantitative estimate of drug-likeness (QED) is 0.797. The molecule has 0 radical (unpaired) electrons. The van der Waals surface area contributed by atoms with E-state index >= 15 is 0 Å². The van der Waals surface area contributed by atoms with Crippen LogP contribution in [-0.2, 0) is 6.42 Å². The normalized spacial score (nSPS) is 13.9. The summed E-state index contributed by atoms with van der Waals surface area (Å²) in [4.78, 5) is 14.3. The lowest BCUT2D eigenvalue weighted by Gasteiger charge is -2.30. The Balaban J connectivity index is 2.06. The van der Waals surface area contributed by atoms with Crippen molar-refractivity contribution in [3.05, 3.63) is 57.8 Å². The Kier molecular flexibility index (Phi) is 3.68. The molecule has 108 valence electrons. The van der Waals surface area contributed by atoms with Crippen LogP contribution in [0, 0.1) is 5.82 Å². The zero-order valence-corrected chi connectivity index (χ0v) is 12.9. The number of carbonyl (C=O) groups excluding carboxylic acids is 1. The van der Waals surface area contributed by atoms with Crippen LogP contribution in [0.5, 0.6) is 0 Å². The maximum atomic E-state index is 14.0. The van der Waals surface area contributed by atoms with Crippen LogP contribution in [0.2, 0.25) is 0 Å². The molecule has 0 aliphatic carbocycles. The van der Waals surface area contributed by atoms with E-state index in [4.69, 9.17) is 5.73 Å². The molecule has 0 atom stereocenters. The molecule has 0 aromatic heterocycles. The van der Waals surface area contributed by atoms with Crippen molar-refractivity contribution in [2.24, 2.45) is 0 Å². The number of halogens is 2. The summed E-state index contributed by atoms with van der Waals surface area (Å²) in [5.74, 6) is -0.864. The summed E-state index contributed by atoms with van der Waals surface area (Å²) in [5.41, 5.74) is 8.33. The second-order valence-corrected chi connectivity index (χ2v) is 5.90. The number of fused-ring (bicyclic) bond motifs is 1. The van der Waals surface area contributed by atoms with Crippen LogP contribution in [0.3, 0.4) is 0 Å². The van der Waals surface area contributed by atoms with Crippen molar-refractivity contribution in [1.82, 2.24) is 0 Å². The van der Waals surface area contributed by atoms with Gasteiger partial charge in [-0.2, -0.15) is 0 Å². The summed E-state index contributed by atoms with van der Waals surface area (Å²) in [6.07, 6.45) is 1.76. The van der Waals surface area contributed by atoms with E-state index in [0.29, 0.717) is 16.7 Å². The largest absolute Gasteiger partial charge is 0.399 e. The first-order valence-corrected chi connectivity index (χ1v) is 7.51. The number of nitrogens with two attached hydrogens (primary N) is 1. The van der Waals surface area contributed by atoms with Crippen molar-refractivity contribution in [2.45, 2.75) is 12.8 Å². The Hall–Kier alpha value is -1.88. The summed E-state index contributed by atoms with van der Waals surface area (Å²) < 4.78 is 14.5. The minimum absolute atomic E-state index is 0.0628. The summed E-state index contributed by atoms with van der Waals surface area (Å²) in [6, 6.07) is 10.1. The van der Waals surface area contributed by atoms with Crippen LogP contribution in [0.25, 0.3) is 0 Å². The molecule has 3 nitrogen and oxygen atoms in total. The average Bonchev–Trinajstić information content (AvgIpc) is 2.46. The number of aryl methyl sites for hydroxylation is 1. The maximum absolute atomic E-state index is 14.0. The van der Waals surface area contributed by atoms with E-state index in [1.165, 1.54) is 6.07 Å². The molecule has 21 heavy (non-hydrogen) atoms. The molecular weight excluding hydrogens is 335 g/mol. The van der Waals surface area contributed by atoms with Crippen LogP contribution < -0.4 is 10.6 Å². The van der Waals surface area contributed by atoms with Crippen molar-refractivity contribution >= 4 is 33.2 Å². The highest BCUT2D eigenvalue weighted by atomic mass is 79.9. The third kappa shape index (κ3) is 2.53. The highest BCUT2D eigenvalue weighted by molar-refractivity contribution is 9.10. The first-order chi connectivity index (χ1) is 10.1. The predicted octanol–water partition coefficient (Wildman–Crippen LogP) is 3.76. The van der Waals surface area contributed by atoms with E-state index in [1.807, 2.05) is 12.1 Å². The third-order valence-electron chi connectivity index (χ3n) is 3.65. The van der Waals surface area contributed by atoms with Gasteiger partial charge in [0, 0.05) is 22.4 Å². The number of rotatable bonds is 1. The Bertz CT molecular complexity index is 697. The second kappa shape index (κ2) is 5.48. The van der Waals surface area contributed by atoms with Gasteiger partial charge in [0.05, 0.1) is 5.56 Å². The highest BCUT2D eigenvalue weighted by Gasteiger charge is 2.27. The van der Waals surface area contributed by atoms with E-state index in [0.717, 1.165) is 24.1 Å². The Morgan fingerprint density at radius 3 is 2.86 bits per heavy atom. The Morgan fingerprint density at radius 2 is 2.10 bits per heavy atom. The lowest BCUT2D eigenvalue weighted by molar-refractivity contribution is 0.0980. The van der Waals surface area contributed by atoms with E-state index in [1.54, 1.807) is 23.1 Å². The zero-order chi connectivity index (χ0) is 15.0. The first kappa shape index (κ1) is 14.1. The van der Waals surface area contributed by atoms with Crippen LogP contribution >= 0.6 is 15.9 Å². The van der Waals surface area contributed by atoms with Gasteiger partial charge in [0.2, 0.25) is 0 Å². The number of hydrogen-bond donors (Lipinski definition) is 1. The molecule has 1 amide bonds. The van der Waals surface area contributed by atoms with Gasteiger partial charge in [-0.15, -0.1) is 0 Å². The molecule has 3 rings (SSSR count). The molecule has 1 aliphatic rings. The smallest absolute Gasteiger partial charge is 0.262 e. The lowest BCUT2D eigenvalue weighted by atomic mass is 10.00. The van der Waals surface area contributed by atoms with Gasteiger partial charge in [-0.25, -0.2) is 4.39 Å². The van der Waals surface area contributed by atoms with E-state index in [-0.39, 0.29) is 11.5 Å². The van der Waals surface area contributed by atoms with Gasteiger partial charge >= 0.3 is 0 Å². The molecule has 0 saturated carbocycles. The molecule has 0 bridgehead atoms. The van der Waals surface area contributed by atoms with Crippen molar-refractivity contribution in [3.63, 3.8) is 0 Å². The molecule has 1 heterocycles. The third-order valence-corrected chi connectivity index (χ3v) is 4.31. The molecular formula is C16H14BrFN2O. The fourth-order valence-corrected chi connectivity index (χ4v) is 3.15. The molecule has 0 unspecified atom stereocenters. The summed E-state index contributed by atoms with van der Waals surface area (Å²) in [5, 5.41) is 0. The minimum Gasteiger partial charge on any atom is -0.399 e. The monoisotopic (exact) mass is 348 g/mol. The number of nitrogens with zero attached hydrogens (tertiary/aromatic N) is 1. The van der Waals surface area contributed by atoms with Gasteiger partial charge in [-0.05, 0) is 58.6 Å². The number of hydrogen-bond acceptors (Lipinski definition) is 2. The van der Waals surface area contributed by atoms with E-state index in [9.17, 15) is 9.18 Å². The van der Waals surface area contributed by atoms with Crippen molar-refractivity contribution in [3.8, 4) is 0 Å². The van der Waals surface area contributed by atoms with E-state index < -0.39 is 5.82 Å². The summed E-state index contributed by atoms with van der Waals surface area (Å²) >= 11 is 3.26. The molecule has 0 saturated heterocycles. The molecule has 0 fully saturated rings. The number of nitrogen functional groups attached to an aromatic ring is 1. The maximum Gasteiger partial charge on any atom is 0.262 e. The van der Waals surface area contributed by atoms with Gasteiger partial charge < -0.3 is 10.6 Å². The van der Waals surface area contributed by atoms with Crippen molar-refractivity contribution in [2.75, 3.05) is 17.2 Å². The lowest BCUT2D eigenvalue weighted by Crippen LogP contribution is -2.36. The fourth-order valence-electron chi connectivity index (χ4n) is 2.64. The molecule has 2 N–H and O–H groups in total. The van der Waals surface area contributed by atoms with Gasteiger partial charge in [-0.3, -0.25) is 4.79 Å². The van der Waals surface area contributed by atoms with Crippen molar-refractivity contribution in [1.29, 1.82) is 0 Å². The van der Waals surface area contributed by atoms with Crippen LogP contribution in [0.15, 0.2) is 40.9 Å². The molecule has 2 aromatic rings. The minimum atomic E-state index is -0.523. The first-order valence-electron chi connectivity index (χ1n) is 6.72. The van der Waals surface area contributed by atoms with E-state index in [2.05, 4.69) is 15.9 Å². The number of benzene rings is 2. The van der Waals surface area contributed by atoms with Gasteiger partial charge in [0.25, 0.3) is 5.91 Å². The van der Waals surface area contributed by atoms with Gasteiger partial charge in [0.1, 0.15) is 5.82 Å². The average molecular weight is 349 g/mol. The second-order valence-electron chi connectivity index (χ2n) is 5.05. The topological polar surface area (TPSA) is 46.3 Å². The number of carbonyl (C=O) groups is 1.